The molecule has 0 spiro atoms. The van der Waals surface area contributed by atoms with Crippen LogP contribution in [0.4, 0.5) is 0 Å². The molecule has 0 atom stereocenters. The van der Waals surface area contributed by atoms with E-state index in [9.17, 15) is 4.79 Å². The maximum Gasteiger partial charge on any atom is 0.258 e. The lowest BCUT2D eigenvalue weighted by Gasteiger charge is -2.23. The van der Waals surface area contributed by atoms with Gasteiger partial charge in [-0.3, -0.25) is 4.79 Å². The highest BCUT2D eigenvalue weighted by Crippen LogP contribution is 2.30. The number of methoxy groups -OCH3 is 1. The number of amides is 1. The minimum Gasteiger partial charge on any atom is -0.493 e. The lowest BCUT2D eigenvalue weighted by atomic mass is 9.95. The summed E-state index contributed by atoms with van der Waals surface area (Å²) < 4.78 is 10.9. The predicted molar refractivity (Wildman–Crippen MR) is 81.4 cm³/mol. The Labute approximate surface area is 125 Å². The van der Waals surface area contributed by atoms with Gasteiger partial charge in [0.1, 0.15) is 0 Å². The summed E-state index contributed by atoms with van der Waals surface area (Å²) in [6, 6.07) is 5.82. The Hall–Kier alpha value is -1.75. The van der Waals surface area contributed by atoms with Crippen molar-refractivity contribution >= 4 is 5.91 Å². The van der Waals surface area contributed by atoms with Gasteiger partial charge in [-0.15, -0.1) is 0 Å². The lowest BCUT2D eigenvalue weighted by Crippen LogP contribution is -2.39. The van der Waals surface area contributed by atoms with Crippen molar-refractivity contribution in [3.05, 3.63) is 23.8 Å². The number of benzene rings is 1. The molecule has 0 heterocycles. The molecule has 0 bridgehead atoms. The van der Waals surface area contributed by atoms with E-state index in [0.29, 0.717) is 24.1 Å². The van der Waals surface area contributed by atoms with Crippen LogP contribution in [-0.4, -0.2) is 25.7 Å². The van der Waals surface area contributed by atoms with Crippen LogP contribution in [0.2, 0.25) is 0 Å². The second-order valence-electron chi connectivity index (χ2n) is 5.34. The molecule has 1 aromatic rings. The number of carbonyl (C=O) groups is 1. The van der Waals surface area contributed by atoms with Crippen LogP contribution in [0.3, 0.4) is 0 Å². The van der Waals surface area contributed by atoms with Crippen LogP contribution in [0, 0.1) is 0 Å². The van der Waals surface area contributed by atoms with Crippen molar-refractivity contribution in [1.82, 2.24) is 5.32 Å². The van der Waals surface area contributed by atoms with Gasteiger partial charge in [-0.05, 0) is 18.9 Å². The van der Waals surface area contributed by atoms with Crippen molar-refractivity contribution in [1.29, 1.82) is 0 Å². The Balaban J connectivity index is 1.91. The molecule has 5 nitrogen and oxygen atoms in total. The minimum absolute atomic E-state index is 0.0100. The van der Waals surface area contributed by atoms with Crippen molar-refractivity contribution in [2.24, 2.45) is 5.73 Å². The maximum atomic E-state index is 12.0. The summed E-state index contributed by atoms with van der Waals surface area (Å²) in [5, 5.41) is 3.03. The fraction of sp³-hybridized carbons (Fsp3) is 0.562. The highest BCUT2D eigenvalue weighted by molar-refractivity contribution is 5.78. The van der Waals surface area contributed by atoms with Gasteiger partial charge in [-0.25, -0.2) is 0 Å². The summed E-state index contributed by atoms with van der Waals surface area (Å²) in [5.41, 5.74) is 6.53. The third-order valence-corrected chi connectivity index (χ3v) is 3.82. The van der Waals surface area contributed by atoms with E-state index in [4.69, 9.17) is 15.2 Å². The van der Waals surface area contributed by atoms with Gasteiger partial charge in [0.25, 0.3) is 5.91 Å². The number of rotatable bonds is 6. The third-order valence-electron chi connectivity index (χ3n) is 3.82. The van der Waals surface area contributed by atoms with E-state index in [1.807, 2.05) is 12.1 Å². The molecule has 1 aromatic carbocycles. The fourth-order valence-corrected chi connectivity index (χ4v) is 2.70. The summed E-state index contributed by atoms with van der Waals surface area (Å²) in [6.45, 7) is 0.334. The molecule has 0 radical (unpaired) electrons. The Morgan fingerprint density at radius 1 is 1.33 bits per heavy atom. The van der Waals surface area contributed by atoms with Crippen molar-refractivity contribution in [2.75, 3.05) is 13.7 Å². The quantitative estimate of drug-likeness (QED) is 0.841. The van der Waals surface area contributed by atoms with Crippen molar-refractivity contribution in [3.8, 4) is 11.5 Å². The zero-order valence-corrected chi connectivity index (χ0v) is 12.6. The summed E-state index contributed by atoms with van der Waals surface area (Å²) in [4.78, 5) is 12.0. The molecule has 116 valence electrons. The van der Waals surface area contributed by atoms with E-state index >= 15 is 0 Å². The molecule has 1 amide bonds. The molecule has 0 aliphatic heterocycles. The van der Waals surface area contributed by atoms with Gasteiger partial charge < -0.3 is 20.5 Å². The number of hydrogen-bond donors (Lipinski definition) is 2. The lowest BCUT2D eigenvalue weighted by molar-refractivity contribution is -0.124. The van der Waals surface area contributed by atoms with E-state index in [2.05, 4.69) is 5.32 Å². The Morgan fingerprint density at radius 3 is 2.76 bits per heavy atom. The van der Waals surface area contributed by atoms with Gasteiger partial charge >= 0.3 is 0 Å². The Bertz CT molecular complexity index is 448. The van der Waals surface area contributed by atoms with E-state index in [1.54, 1.807) is 13.2 Å². The zero-order chi connectivity index (χ0) is 15.1. The van der Waals surface area contributed by atoms with Crippen molar-refractivity contribution in [2.45, 2.75) is 44.7 Å². The van der Waals surface area contributed by atoms with E-state index in [1.165, 1.54) is 19.3 Å². The summed E-state index contributed by atoms with van der Waals surface area (Å²) in [5.74, 6) is 1.07. The number of nitrogens with one attached hydrogen (secondary N) is 1. The normalized spacial score (nSPS) is 15.5. The number of hydrogen-bond acceptors (Lipinski definition) is 4. The number of ether oxygens (including phenoxy) is 2. The standard InChI is InChI=1S/C16H24N2O3/c1-20-14-9-5-6-12(10-17)16(14)21-11-15(19)18-13-7-3-2-4-8-13/h5-6,9,13H,2-4,7-8,10-11,17H2,1H3,(H,18,19). The largest absolute Gasteiger partial charge is 0.493 e. The highest BCUT2D eigenvalue weighted by Gasteiger charge is 2.17. The molecule has 5 heteroatoms. The van der Waals surface area contributed by atoms with Crippen molar-refractivity contribution in [3.63, 3.8) is 0 Å². The van der Waals surface area contributed by atoms with Gasteiger partial charge in [0, 0.05) is 18.2 Å². The molecular formula is C16H24N2O3. The molecule has 0 saturated heterocycles. The minimum atomic E-state index is -0.0872. The average Bonchev–Trinajstić information content (AvgIpc) is 2.53. The first-order valence-corrected chi connectivity index (χ1v) is 7.52. The van der Waals surface area contributed by atoms with Crippen LogP contribution in [0.1, 0.15) is 37.7 Å². The first-order chi connectivity index (χ1) is 10.2. The molecule has 1 aliphatic carbocycles. The smallest absolute Gasteiger partial charge is 0.258 e. The van der Waals surface area contributed by atoms with Gasteiger partial charge in [-0.2, -0.15) is 0 Å². The second-order valence-corrected chi connectivity index (χ2v) is 5.34. The Morgan fingerprint density at radius 2 is 2.10 bits per heavy atom. The van der Waals surface area contributed by atoms with Crippen LogP contribution in [0.5, 0.6) is 11.5 Å². The van der Waals surface area contributed by atoms with Gasteiger partial charge in [0.15, 0.2) is 18.1 Å². The molecule has 1 saturated carbocycles. The van der Waals surface area contributed by atoms with E-state index < -0.39 is 0 Å². The van der Waals surface area contributed by atoms with Crippen LogP contribution < -0.4 is 20.5 Å². The molecule has 21 heavy (non-hydrogen) atoms. The zero-order valence-electron chi connectivity index (χ0n) is 12.6. The van der Waals surface area contributed by atoms with Crippen LogP contribution in [0.15, 0.2) is 18.2 Å². The summed E-state index contributed by atoms with van der Waals surface area (Å²) in [7, 11) is 1.57. The summed E-state index contributed by atoms with van der Waals surface area (Å²) in [6.07, 6.45) is 5.78. The first kappa shape index (κ1) is 15.6. The first-order valence-electron chi connectivity index (χ1n) is 7.52. The summed E-state index contributed by atoms with van der Waals surface area (Å²) >= 11 is 0. The average molecular weight is 292 g/mol. The van der Waals surface area contributed by atoms with Crippen LogP contribution in [0.25, 0.3) is 0 Å². The van der Waals surface area contributed by atoms with Gasteiger partial charge in [0.2, 0.25) is 0 Å². The third kappa shape index (κ3) is 4.36. The predicted octanol–water partition coefficient (Wildman–Crippen LogP) is 1.98. The van der Waals surface area contributed by atoms with Crippen LogP contribution >= 0.6 is 0 Å². The van der Waals surface area contributed by atoms with E-state index in [-0.39, 0.29) is 12.5 Å². The monoisotopic (exact) mass is 292 g/mol. The second kappa shape index (κ2) is 7.88. The van der Waals surface area contributed by atoms with Crippen LogP contribution in [-0.2, 0) is 11.3 Å². The molecule has 2 rings (SSSR count). The number of para-hydroxylation sites is 1. The topological polar surface area (TPSA) is 73.6 Å². The Kier molecular flexibility index (Phi) is 5.87. The van der Waals surface area contributed by atoms with Gasteiger partial charge in [0.05, 0.1) is 7.11 Å². The highest BCUT2D eigenvalue weighted by atomic mass is 16.5. The SMILES string of the molecule is COc1cccc(CN)c1OCC(=O)NC1CCCCC1. The molecule has 3 N–H and O–H groups in total. The molecular weight excluding hydrogens is 268 g/mol. The fourth-order valence-electron chi connectivity index (χ4n) is 2.70. The van der Waals surface area contributed by atoms with Gasteiger partial charge in [-0.1, -0.05) is 31.4 Å². The molecule has 0 aromatic heterocycles. The van der Waals surface area contributed by atoms with E-state index in [0.717, 1.165) is 18.4 Å². The van der Waals surface area contributed by atoms with Crippen molar-refractivity contribution < 1.29 is 14.3 Å². The molecule has 0 unspecified atom stereocenters. The molecule has 1 fully saturated rings. The number of carbonyl (C=O) groups excluding carboxylic acids is 1. The maximum absolute atomic E-state index is 12.0. The number of nitrogens with two attached hydrogens (primary N) is 1. The molecule has 1 aliphatic rings.